The number of hydrogen-bond acceptors (Lipinski definition) is 10. The zero-order valence-corrected chi connectivity index (χ0v) is 29.1. The summed E-state index contributed by atoms with van der Waals surface area (Å²) in [6.07, 6.45) is 6.91. The Morgan fingerprint density at radius 1 is 0.822 bits per heavy atom. The molecule has 4 rings (SSSR count). The molecular formula is C30H37Br2ClN6O6. The maximum Gasteiger partial charge on any atom is 0.311 e. The summed E-state index contributed by atoms with van der Waals surface area (Å²) in [7, 11) is 0. The minimum absolute atomic E-state index is 0.0246. The van der Waals surface area contributed by atoms with Crippen LogP contribution < -0.4 is 11.1 Å². The molecule has 0 bridgehead atoms. The summed E-state index contributed by atoms with van der Waals surface area (Å²) < 4.78 is 12.3. The Balaban J connectivity index is 0.000000264. The quantitative estimate of drug-likeness (QED) is 0.0721. The Morgan fingerprint density at radius 3 is 1.87 bits per heavy atom. The first-order chi connectivity index (χ1) is 21.6. The Hall–Kier alpha value is -3.01. The second kappa shape index (κ2) is 20.9. The van der Waals surface area contributed by atoms with E-state index in [1.54, 1.807) is 18.2 Å². The molecule has 0 atom stereocenters. The van der Waals surface area contributed by atoms with Crippen LogP contribution in [0.2, 0.25) is 5.02 Å². The van der Waals surface area contributed by atoms with E-state index in [9.17, 15) is 20.2 Å². The maximum absolute atomic E-state index is 11.2. The van der Waals surface area contributed by atoms with E-state index in [0.717, 1.165) is 46.4 Å². The van der Waals surface area contributed by atoms with E-state index in [1.165, 1.54) is 12.6 Å². The molecular weight excluding hydrogens is 736 g/mol. The predicted molar refractivity (Wildman–Crippen MR) is 186 cm³/mol. The number of ether oxygens (including phenoxy) is 2. The van der Waals surface area contributed by atoms with Gasteiger partial charge in [-0.1, -0.05) is 70.1 Å². The monoisotopic (exact) mass is 770 g/mol. The fraction of sp³-hybridized carbons (Fsp3) is 0.400. The molecule has 0 saturated heterocycles. The van der Waals surface area contributed by atoms with Crippen LogP contribution in [0.25, 0.3) is 21.8 Å². The number of nitro groups is 2. The molecule has 15 heteroatoms. The van der Waals surface area contributed by atoms with Crippen molar-refractivity contribution < 1.29 is 19.3 Å². The lowest BCUT2D eigenvalue weighted by Gasteiger charge is -2.10. The minimum Gasteiger partial charge on any atom is -0.380 e. The molecule has 0 amide bonds. The van der Waals surface area contributed by atoms with Gasteiger partial charge in [0, 0.05) is 46.0 Å². The Labute approximate surface area is 283 Å². The van der Waals surface area contributed by atoms with Crippen LogP contribution in [0, 0.1) is 20.2 Å². The molecule has 4 aromatic rings. The van der Waals surface area contributed by atoms with Gasteiger partial charge >= 0.3 is 11.4 Å². The van der Waals surface area contributed by atoms with E-state index in [-0.39, 0.29) is 16.4 Å². The van der Waals surface area contributed by atoms with Gasteiger partial charge in [-0.3, -0.25) is 20.2 Å². The smallest absolute Gasteiger partial charge is 0.311 e. The van der Waals surface area contributed by atoms with Gasteiger partial charge in [0.25, 0.3) is 0 Å². The number of benzene rings is 2. The molecule has 3 N–H and O–H groups in total. The fourth-order valence-electron chi connectivity index (χ4n) is 3.76. The van der Waals surface area contributed by atoms with Gasteiger partial charge in [-0.25, -0.2) is 9.97 Å². The van der Waals surface area contributed by atoms with Crippen molar-refractivity contribution in [2.45, 2.75) is 39.5 Å². The molecule has 45 heavy (non-hydrogen) atoms. The van der Waals surface area contributed by atoms with Gasteiger partial charge in [0.05, 0.1) is 34.1 Å². The normalized spacial score (nSPS) is 10.5. The topological polar surface area (TPSA) is 169 Å². The van der Waals surface area contributed by atoms with Gasteiger partial charge in [0.15, 0.2) is 0 Å². The van der Waals surface area contributed by atoms with Crippen LogP contribution in [-0.4, -0.2) is 59.3 Å². The van der Waals surface area contributed by atoms with Gasteiger partial charge in [-0.05, 0) is 49.2 Å². The number of unbranched alkanes of at least 4 members (excludes halogenated alkanes) is 2. The number of pyridine rings is 2. The third-order valence-corrected chi connectivity index (χ3v) is 7.43. The lowest BCUT2D eigenvalue weighted by atomic mass is 10.1. The minimum atomic E-state index is -0.545. The van der Waals surface area contributed by atoms with Crippen LogP contribution in [0.1, 0.15) is 39.5 Å². The number of rotatable bonds is 14. The summed E-state index contributed by atoms with van der Waals surface area (Å²) in [5.74, 6) is 0. The third-order valence-electron chi connectivity index (χ3n) is 6.05. The molecule has 0 radical (unpaired) electrons. The maximum atomic E-state index is 11.2. The molecule has 244 valence electrons. The van der Waals surface area contributed by atoms with E-state index in [1.807, 2.05) is 18.2 Å². The summed E-state index contributed by atoms with van der Waals surface area (Å²) in [6.45, 7) is 8.21. The number of aromatic nitrogens is 2. The number of fused-ring (bicyclic) bond motifs is 2. The second-order valence-electron chi connectivity index (χ2n) is 9.46. The van der Waals surface area contributed by atoms with Crippen LogP contribution in [0.4, 0.5) is 17.1 Å². The zero-order chi connectivity index (χ0) is 33.2. The summed E-state index contributed by atoms with van der Waals surface area (Å²) in [4.78, 5) is 28.9. The van der Waals surface area contributed by atoms with Crippen molar-refractivity contribution in [1.29, 1.82) is 0 Å². The van der Waals surface area contributed by atoms with E-state index in [2.05, 4.69) is 61.0 Å². The van der Waals surface area contributed by atoms with E-state index >= 15 is 0 Å². The van der Waals surface area contributed by atoms with E-state index in [0.29, 0.717) is 55.0 Å². The van der Waals surface area contributed by atoms with Crippen LogP contribution in [0.3, 0.4) is 0 Å². The van der Waals surface area contributed by atoms with Crippen molar-refractivity contribution in [3.63, 3.8) is 0 Å². The summed E-state index contributed by atoms with van der Waals surface area (Å²) in [5.41, 5.74) is 6.80. The molecule has 0 aliphatic rings. The number of anilines is 1. The average molecular weight is 773 g/mol. The summed E-state index contributed by atoms with van der Waals surface area (Å²) >= 11 is 12.6. The first-order valence-corrected chi connectivity index (χ1v) is 16.3. The molecule has 2 aromatic heterocycles. The van der Waals surface area contributed by atoms with Crippen molar-refractivity contribution >= 4 is 82.3 Å². The SMILES string of the molecule is CCCCOCCN.CCCCOCCNc1c([N+](=O)[O-])cnc2cc(Br)ccc12.O=[N+]([O-])c1cnc2cc(Br)ccc2c1Cl. The molecule has 2 heterocycles. The van der Waals surface area contributed by atoms with Gasteiger partial charge in [-0.15, -0.1) is 0 Å². The summed E-state index contributed by atoms with van der Waals surface area (Å²) in [5, 5.41) is 26.3. The van der Waals surface area contributed by atoms with Gasteiger partial charge in [-0.2, -0.15) is 0 Å². The van der Waals surface area contributed by atoms with Crippen molar-refractivity contribution in [3.8, 4) is 0 Å². The van der Waals surface area contributed by atoms with Crippen molar-refractivity contribution in [3.05, 3.63) is 83.0 Å². The van der Waals surface area contributed by atoms with Crippen molar-refractivity contribution in [1.82, 2.24) is 9.97 Å². The standard InChI is InChI=1S/C15H18BrN3O3.C9H4BrClN2O2.C6H15NO/c1-2-3-7-22-8-6-17-15-12-5-4-11(16)9-13(12)18-10-14(15)19(20)21;10-5-1-2-6-7(3-5)12-4-8(9(6)11)13(14)15;1-2-3-5-8-6-4-7/h4-5,9-10H,2-3,6-8H2,1H3,(H,17,18);1-4H;2-7H2,1H3. The third kappa shape index (κ3) is 12.7. The van der Waals surface area contributed by atoms with Gasteiger partial charge in [0.2, 0.25) is 0 Å². The highest BCUT2D eigenvalue weighted by Crippen LogP contribution is 2.33. The number of halogens is 3. The zero-order valence-electron chi connectivity index (χ0n) is 25.1. The highest BCUT2D eigenvalue weighted by molar-refractivity contribution is 9.10. The van der Waals surface area contributed by atoms with Crippen LogP contribution in [-0.2, 0) is 9.47 Å². The lowest BCUT2D eigenvalue weighted by Crippen LogP contribution is -2.11. The Morgan fingerprint density at radius 2 is 1.33 bits per heavy atom. The van der Waals surface area contributed by atoms with Crippen LogP contribution in [0.5, 0.6) is 0 Å². The number of nitrogens with one attached hydrogen (secondary N) is 1. The highest BCUT2D eigenvalue weighted by Gasteiger charge is 2.18. The van der Waals surface area contributed by atoms with Crippen molar-refractivity contribution in [2.24, 2.45) is 5.73 Å². The van der Waals surface area contributed by atoms with Crippen LogP contribution >= 0.6 is 43.5 Å². The number of hydrogen-bond donors (Lipinski definition) is 2. The van der Waals surface area contributed by atoms with E-state index < -0.39 is 9.85 Å². The number of nitrogens with zero attached hydrogens (tertiary/aromatic N) is 4. The molecule has 0 saturated carbocycles. The molecule has 0 fully saturated rings. The van der Waals surface area contributed by atoms with E-state index in [4.69, 9.17) is 26.8 Å². The molecule has 12 nitrogen and oxygen atoms in total. The molecule has 0 spiro atoms. The lowest BCUT2D eigenvalue weighted by molar-refractivity contribution is -0.384. The van der Waals surface area contributed by atoms with Crippen molar-refractivity contribution in [2.75, 3.05) is 44.8 Å². The predicted octanol–water partition coefficient (Wildman–Crippen LogP) is 8.45. The fourth-order valence-corrected chi connectivity index (χ4v) is 4.73. The van der Waals surface area contributed by atoms with Gasteiger partial charge < -0.3 is 20.5 Å². The highest BCUT2D eigenvalue weighted by atomic mass is 79.9. The molecule has 2 aromatic carbocycles. The second-order valence-corrected chi connectivity index (χ2v) is 11.7. The average Bonchev–Trinajstić information content (AvgIpc) is 3.01. The first-order valence-electron chi connectivity index (χ1n) is 14.3. The first kappa shape index (κ1) is 38.2. The summed E-state index contributed by atoms with van der Waals surface area (Å²) in [6, 6.07) is 10.7. The molecule has 0 unspecified atom stereocenters. The molecule has 0 aliphatic carbocycles. The largest absolute Gasteiger partial charge is 0.380 e. The van der Waals surface area contributed by atoms with Crippen LogP contribution in [0.15, 0.2) is 57.7 Å². The molecule has 0 aliphatic heterocycles. The van der Waals surface area contributed by atoms with Gasteiger partial charge in [0.1, 0.15) is 23.1 Å². The Bertz CT molecular complexity index is 1540. The number of nitrogens with two attached hydrogens (primary N) is 1. The Kier molecular flexibility index (Phi) is 17.7.